The second-order valence-corrected chi connectivity index (χ2v) is 4.88. The van der Waals surface area contributed by atoms with E-state index < -0.39 is 0 Å². The zero-order chi connectivity index (χ0) is 14.6. The summed E-state index contributed by atoms with van der Waals surface area (Å²) < 4.78 is 10.7. The molecule has 0 spiro atoms. The van der Waals surface area contributed by atoms with E-state index in [0.717, 1.165) is 11.1 Å². The van der Waals surface area contributed by atoms with Crippen molar-refractivity contribution in [2.24, 2.45) is 0 Å². The van der Waals surface area contributed by atoms with Gasteiger partial charge in [-0.2, -0.15) is 0 Å². The van der Waals surface area contributed by atoms with Gasteiger partial charge >= 0.3 is 5.97 Å². The lowest BCUT2D eigenvalue weighted by Crippen LogP contribution is -2.14. The Labute approximate surface area is 115 Å². The van der Waals surface area contributed by atoms with Crippen LogP contribution in [0.2, 0.25) is 0 Å². The molecular formula is C16H24O3. The standard InChI is InChI=1S/C16H24O3/c1-7-18-9-8-15(17)19-16-13(5)11(3)10(2)12(4)14(16)6/h7-9H2,1-6H3. The SMILES string of the molecule is CCOCCC(=O)Oc1c(C)c(C)c(C)c(C)c1C. The molecule has 1 rings (SSSR count). The monoisotopic (exact) mass is 264 g/mol. The first kappa shape index (κ1) is 15.7. The van der Waals surface area contributed by atoms with E-state index in [1.807, 2.05) is 20.8 Å². The highest BCUT2D eigenvalue weighted by Gasteiger charge is 2.16. The zero-order valence-corrected chi connectivity index (χ0v) is 12.8. The molecule has 0 aromatic heterocycles. The van der Waals surface area contributed by atoms with Crippen molar-refractivity contribution in [1.82, 2.24) is 0 Å². The molecule has 19 heavy (non-hydrogen) atoms. The Bertz CT molecular complexity index is 446. The lowest BCUT2D eigenvalue weighted by molar-refractivity contribution is -0.135. The first-order valence-electron chi connectivity index (χ1n) is 6.75. The fourth-order valence-corrected chi connectivity index (χ4v) is 2.08. The molecular weight excluding hydrogens is 240 g/mol. The van der Waals surface area contributed by atoms with Crippen molar-refractivity contribution in [2.45, 2.75) is 48.0 Å². The molecule has 0 radical (unpaired) electrons. The summed E-state index contributed by atoms with van der Waals surface area (Å²) >= 11 is 0. The molecule has 1 aromatic rings. The van der Waals surface area contributed by atoms with Gasteiger partial charge in [0.25, 0.3) is 0 Å². The van der Waals surface area contributed by atoms with Gasteiger partial charge < -0.3 is 9.47 Å². The van der Waals surface area contributed by atoms with E-state index in [1.54, 1.807) is 0 Å². The second kappa shape index (κ2) is 6.71. The summed E-state index contributed by atoms with van der Waals surface area (Å²) in [5.41, 5.74) is 5.74. The van der Waals surface area contributed by atoms with Crippen LogP contribution in [0.5, 0.6) is 5.75 Å². The number of hydrogen-bond donors (Lipinski definition) is 0. The summed E-state index contributed by atoms with van der Waals surface area (Å²) in [6.45, 7) is 13.2. The highest BCUT2D eigenvalue weighted by atomic mass is 16.5. The van der Waals surface area contributed by atoms with Crippen LogP contribution in [-0.4, -0.2) is 19.2 Å². The van der Waals surface area contributed by atoms with Crippen LogP contribution in [0.1, 0.15) is 41.2 Å². The van der Waals surface area contributed by atoms with Gasteiger partial charge in [0, 0.05) is 6.61 Å². The van der Waals surface area contributed by atoms with Crippen LogP contribution in [-0.2, 0) is 9.53 Å². The Balaban J connectivity index is 2.93. The average molecular weight is 264 g/mol. The Kier molecular flexibility index (Phi) is 5.55. The van der Waals surface area contributed by atoms with Gasteiger partial charge in [-0.05, 0) is 69.4 Å². The molecule has 0 heterocycles. The predicted molar refractivity (Wildman–Crippen MR) is 76.9 cm³/mol. The molecule has 3 heteroatoms. The molecule has 0 saturated carbocycles. The molecule has 0 aliphatic heterocycles. The van der Waals surface area contributed by atoms with Crippen molar-refractivity contribution in [3.05, 3.63) is 27.8 Å². The number of carbonyl (C=O) groups excluding carboxylic acids is 1. The molecule has 0 N–H and O–H groups in total. The Hall–Kier alpha value is -1.35. The van der Waals surface area contributed by atoms with Gasteiger partial charge in [-0.1, -0.05) is 0 Å². The summed E-state index contributed by atoms with van der Waals surface area (Å²) in [6.07, 6.45) is 0.290. The average Bonchev–Trinajstić information content (AvgIpc) is 2.39. The molecule has 0 aliphatic rings. The van der Waals surface area contributed by atoms with Crippen molar-refractivity contribution in [1.29, 1.82) is 0 Å². The first-order chi connectivity index (χ1) is 8.90. The molecule has 1 aromatic carbocycles. The normalized spacial score (nSPS) is 10.6. The fourth-order valence-electron chi connectivity index (χ4n) is 2.08. The van der Waals surface area contributed by atoms with E-state index in [0.29, 0.717) is 25.4 Å². The van der Waals surface area contributed by atoms with Crippen molar-refractivity contribution in [3.63, 3.8) is 0 Å². The van der Waals surface area contributed by atoms with Gasteiger partial charge in [-0.25, -0.2) is 0 Å². The fraction of sp³-hybridized carbons (Fsp3) is 0.562. The third kappa shape index (κ3) is 3.57. The second-order valence-electron chi connectivity index (χ2n) is 4.88. The number of benzene rings is 1. The molecule has 0 bridgehead atoms. The van der Waals surface area contributed by atoms with E-state index in [2.05, 4.69) is 20.8 Å². The molecule has 0 fully saturated rings. The van der Waals surface area contributed by atoms with Crippen molar-refractivity contribution in [3.8, 4) is 5.75 Å². The number of esters is 1. The number of ether oxygens (including phenoxy) is 2. The van der Waals surface area contributed by atoms with Crippen LogP contribution in [0.15, 0.2) is 0 Å². The van der Waals surface area contributed by atoms with Crippen LogP contribution in [0.3, 0.4) is 0 Å². The van der Waals surface area contributed by atoms with E-state index in [9.17, 15) is 4.79 Å². The number of carbonyl (C=O) groups is 1. The third-order valence-electron chi connectivity index (χ3n) is 3.80. The maximum absolute atomic E-state index is 11.8. The van der Waals surface area contributed by atoms with Crippen LogP contribution < -0.4 is 4.74 Å². The molecule has 0 atom stereocenters. The summed E-state index contributed by atoms with van der Waals surface area (Å²) in [6, 6.07) is 0. The summed E-state index contributed by atoms with van der Waals surface area (Å²) in [7, 11) is 0. The van der Waals surface area contributed by atoms with Gasteiger partial charge in [0.15, 0.2) is 0 Å². The van der Waals surface area contributed by atoms with Gasteiger partial charge in [-0.15, -0.1) is 0 Å². The van der Waals surface area contributed by atoms with Crippen LogP contribution in [0.4, 0.5) is 0 Å². The molecule has 0 aliphatic carbocycles. The third-order valence-corrected chi connectivity index (χ3v) is 3.80. The van der Waals surface area contributed by atoms with Crippen molar-refractivity contribution < 1.29 is 14.3 Å². The maximum atomic E-state index is 11.8. The molecule has 0 saturated heterocycles. The quantitative estimate of drug-likeness (QED) is 0.463. The van der Waals surface area contributed by atoms with Crippen LogP contribution in [0, 0.1) is 34.6 Å². The lowest BCUT2D eigenvalue weighted by Gasteiger charge is -2.18. The number of rotatable bonds is 5. The summed E-state index contributed by atoms with van der Waals surface area (Å²) in [5, 5.41) is 0. The number of hydrogen-bond acceptors (Lipinski definition) is 3. The lowest BCUT2D eigenvalue weighted by atomic mass is 9.94. The zero-order valence-electron chi connectivity index (χ0n) is 12.8. The van der Waals surface area contributed by atoms with E-state index in [-0.39, 0.29) is 5.97 Å². The Morgan fingerprint density at radius 3 is 1.84 bits per heavy atom. The van der Waals surface area contributed by atoms with E-state index in [4.69, 9.17) is 9.47 Å². The topological polar surface area (TPSA) is 35.5 Å². The highest BCUT2D eigenvalue weighted by molar-refractivity contribution is 5.74. The minimum absolute atomic E-state index is 0.234. The summed E-state index contributed by atoms with van der Waals surface area (Å²) in [5.74, 6) is 0.476. The molecule has 3 nitrogen and oxygen atoms in total. The van der Waals surface area contributed by atoms with Crippen molar-refractivity contribution >= 4 is 5.97 Å². The minimum atomic E-state index is -0.234. The van der Waals surface area contributed by atoms with Gasteiger partial charge in [0.1, 0.15) is 5.75 Å². The first-order valence-corrected chi connectivity index (χ1v) is 6.75. The van der Waals surface area contributed by atoms with E-state index in [1.165, 1.54) is 16.7 Å². The van der Waals surface area contributed by atoms with E-state index >= 15 is 0 Å². The van der Waals surface area contributed by atoms with Crippen LogP contribution in [0.25, 0.3) is 0 Å². The summed E-state index contributed by atoms with van der Waals surface area (Å²) in [4.78, 5) is 11.8. The Morgan fingerprint density at radius 2 is 1.37 bits per heavy atom. The molecule has 0 unspecified atom stereocenters. The van der Waals surface area contributed by atoms with Gasteiger partial charge in [-0.3, -0.25) is 4.79 Å². The smallest absolute Gasteiger partial charge is 0.313 e. The molecule has 106 valence electrons. The van der Waals surface area contributed by atoms with Gasteiger partial charge in [0.2, 0.25) is 0 Å². The largest absolute Gasteiger partial charge is 0.426 e. The van der Waals surface area contributed by atoms with Gasteiger partial charge in [0.05, 0.1) is 13.0 Å². The van der Waals surface area contributed by atoms with Crippen LogP contribution >= 0.6 is 0 Å². The minimum Gasteiger partial charge on any atom is -0.426 e. The maximum Gasteiger partial charge on any atom is 0.313 e. The highest BCUT2D eigenvalue weighted by Crippen LogP contribution is 2.32. The molecule has 0 amide bonds. The van der Waals surface area contributed by atoms with Crippen molar-refractivity contribution in [2.75, 3.05) is 13.2 Å². The predicted octanol–water partition coefficient (Wildman–Crippen LogP) is 3.56. The Morgan fingerprint density at radius 1 is 0.895 bits per heavy atom.